The number of aryl methyl sites for hydroxylation is 2. The average Bonchev–Trinajstić information content (AvgIpc) is 2.50. The highest BCUT2D eigenvalue weighted by molar-refractivity contribution is 9.10. The molecule has 0 amide bonds. The van der Waals surface area contributed by atoms with Gasteiger partial charge in [-0.05, 0) is 53.9 Å². The lowest BCUT2D eigenvalue weighted by atomic mass is 9.94. The van der Waals surface area contributed by atoms with Crippen molar-refractivity contribution >= 4 is 32.5 Å². The summed E-state index contributed by atoms with van der Waals surface area (Å²) in [7, 11) is 0. The second-order valence-electron chi connectivity index (χ2n) is 5.27. The summed E-state index contributed by atoms with van der Waals surface area (Å²) in [6.45, 7) is 4.06. The Hall–Kier alpha value is -1.93. The summed E-state index contributed by atoms with van der Waals surface area (Å²) in [6.07, 6.45) is 0. The van der Waals surface area contributed by atoms with Crippen LogP contribution < -0.4 is 0 Å². The molecular weight excluding hydrogens is 324 g/mol. The van der Waals surface area contributed by atoms with Crippen LogP contribution in [0.5, 0.6) is 0 Å². The van der Waals surface area contributed by atoms with Gasteiger partial charge in [-0.2, -0.15) is 0 Å². The van der Waals surface area contributed by atoms with Gasteiger partial charge < -0.3 is 0 Å². The summed E-state index contributed by atoms with van der Waals surface area (Å²) in [4.78, 5) is 12.8. The molecule has 0 fully saturated rings. The van der Waals surface area contributed by atoms with Gasteiger partial charge in [0.05, 0.1) is 0 Å². The second kappa shape index (κ2) is 5.45. The van der Waals surface area contributed by atoms with Crippen LogP contribution in [0.3, 0.4) is 0 Å². The molecule has 21 heavy (non-hydrogen) atoms. The average molecular weight is 339 g/mol. The zero-order valence-corrected chi connectivity index (χ0v) is 13.6. The van der Waals surface area contributed by atoms with Crippen molar-refractivity contribution in [3.05, 3.63) is 81.3 Å². The highest BCUT2D eigenvalue weighted by Crippen LogP contribution is 2.26. The first-order valence-corrected chi connectivity index (χ1v) is 7.66. The van der Waals surface area contributed by atoms with Gasteiger partial charge in [-0.1, -0.05) is 52.3 Å². The number of ketones is 1. The van der Waals surface area contributed by atoms with Crippen molar-refractivity contribution in [1.29, 1.82) is 0 Å². The number of benzene rings is 3. The Morgan fingerprint density at radius 1 is 0.857 bits per heavy atom. The molecule has 2 heteroatoms. The van der Waals surface area contributed by atoms with Crippen LogP contribution in [-0.2, 0) is 0 Å². The van der Waals surface area contributed by atoms with Gasteiger partial charge in [-0.3, -0.25) is 4.79 Å². The molecule has 1 nitrogen and oxygen atoms in total. The van der Waals surface area contributed by atoms with E-state index < -0.39 is 0 Å². The standard InChI is InChI=1S/C19H15BrO/c1-12-7-9-17(16-6-4-3-5-15(12)16)19(21)14-8-10-18(20)13(2)11-14/h3-11H,1-2H3. The van der Waals surface area contributed by atoms with E-state index in [1.54, 1.807) is 0 Å². The predicted octanol–water partition coefficient (Wildman–Crippen LogP) is 5.45. The second-order valence-corrected chi connectivity index (χ2v) is 6.12. The van der Waals surface area contributed by atoms with Crippen molar-refractivity contribution in [3.8, 4) is 0 Å². The van der Waals surface area contributed by atoms with E-state index >= 15 is 0 Å². The lowest BCUT2D eigenvalue weighted by Crippen LogP contribution is -2.03. The molecule has 0 aliphatic rings. The molecule has 0 spiro atoms. The van der Waals surface area contributed by atoms with E-state index in [2.05, 4.69) is 28.9 Å². The minimum Gasteiger partial charge on any atom is -0.289 e. The number of fused-ring (bicyclic) bond motifs is 1. The number of carbonyl (C=O) groups is 1. The normalized spacial score (nSPS) is 10.8. The van der Waals surface area contributed by atoms with Gasteiger partial charge in [0, 0.05) is 15.6 Å². The van der Waals surface area contributed by atoms with E-state index in [1.165, 1.54) is 5.56 Å². The minimum atomic E-state index is 0.0711. The molecule has 0 bridgehead atoms. The number of halogens is 1. The fourth-order valence-corrected chi connectivity index (χ4v) is 2.84. The summed E-state index contributed by atoms with van der Waals surface area (Å²) in [5.41, 5.74) is 3.74. The largest absolute Gasteiger partial charge is 0.289 e. The van der Waals surface area contributed by atoms with Crippen molar-refractivity contribution in [3.63, 3.8) is 0 Å². The van der Waals surface area contributed by atoms with Crippen molar-refractivity contribution in [1.82, 2.24) is 0 Å². The Morgan fingerprint density at radius 2 is 1.57 bits per heavy atom. The summed E-state index contributed by atoms with van der Waals surface area (Å²) < 4.78 is 1.02. The zero-order valence-electron chi connectivity index (χ0n) is 12.0. The van der Waals surface area contributed by atoms with Gasteiger partial charge >= 0.3 is 0 Å². The van der Waals surface area contributed by atoms with Gasteiger partial charge in [-0.25, -0.2) is 0 Å². The molecule has 0 heterocycles. The van der Waals surface area contributed by atoms with Crippen LogP contribution in [0.4, 0.5) is 0 Å². The van der Waals surface area contributed by atoms with Gasteiger partial charge in [-0.15, -0.1) is 0 Å². The van der Waals surface area contributed by atoms with Gasteiger partial charge in [0.1, 0.15) is 0 Å². The van der Waals surface area contributed by atoms with E-state index in [1.807, 2.05) is 55.5 Å². The highest BCUT2D eigenvalue weighted by atomic mass is 79.9. The summed E-state index contributed by atoms with van der Waals surface area (Å²) >= 11 is 3.47. The fourth-order valence-electron chi connectivity index (χ4n) is 2.59. The van der Waals surface area contributed by atoms with Crippen molar-refractivity contribution < 1.29 is 4.79 Å². The molecule has 0 N–H and O–H groups in total. The first kappa shape index (κ1) is 14.0. The molecule has 104 valence electrons. The molecule has 3 aromatic rings. The van der Waals surface area contributed by atoms with Gasteiger partial charge in [0.15, 0.2) is 5.78 Å². The molecule has 0 atom stereocenters. The Morgan fingerprint density at radius 3 is 2.29 bits per heavy atom. The van der Waals surface area contributed by atoms with Crippen LogP contribution in [0.15, 0.2) is 59.1 Å². The van der Waals surface area contributed by atoms with E-state index in [0.717, 1.165) is 31.9 Å². The third-order valence-corrected chi connectivity index (χ3v) is 4.70. The number of hydrogen-bond acceptors (Lipinski definition) is 1. The molecule has 0 radical (unpaired) electrons. The molecule has 0 saturated carbocycles. The Kier molecular flexibility index (Phi) is 3.64. The van der Waals surface area contributed by atoms with Crippen molar-refractivity contribution in [2.45, 2.75) is 13.8 Å². The van der Waals surface area contributed by atoms with E-state index in [0.29, 0.717) is 0 Å². The monoisotopic (exact) mass is 338 g/mol. The summed E-state index contributed by atoms with van der Waals surface area (Å²) in [5, 5.41) is 2.15. The summed E-state index contributed by atoms with van der Waals surface area (Å²) in [5.74, 6) is 0.0711. The van der Waals surface area contributed by atoms with Crippen molar-refractivity contribution in [2.24, 2.45) is 0 Å². The third-order valence-electron chi connectivity index (χ3n) is 3.81. The zero-order chi connectivity index (χ0) is 15.0. The van der Waals surface area contributed by atoms with Crippen molar-refractivity contribution in [2.75, 3.05) is 0 Å². The molecule has 0 aromatic heterocycles. The first-order chi connectivity index (χ1) is 10.1. The lowest BCUT2D eigenvalue weighted by Gasteiger charge is -2.09. The molecular formula is C19H15BrO. The predicted molar refractivity (Wildman–Crippen MR) is 91.0 cm³/mol. The maximum atomic E-state index is 12.8. The highest BCUT2D eigenvalue weighted by Gasteiger charge is 2.14. The number of rotatable bonds is 2. The number of hydrogen-bond donors (Lipinski definition) is 0. The summed E-state index contributed by atoms with van der Waals surface area (Å²) in [6, 6.07) is 17.7. The molecule has 3 aromatic carbocycles. The maximum Gasteiger partial charge on any atom is 0.193 e. The van der Waals surface area contributed by atoms with E-state index in [9.17, 15) is 4.79 Å². The van der Waals surface area contributed by atoms with E-state index in [-0.39, 0.29) is 5.78 Å². The minimum absolute atomic E-state index is 0.0711. The number of carbonyl (C=O) groups excluding carboxylic acids is 1. The Labute approximate surface area is 132 Å². The maximum absolute atomic E-state index is 12.8. The van der Waals surface area contributed by atoms with Crippen LogP contribution in [0.25, 0.3) is 10.8 Å². The third kappa shape index (κ3) is 2.52. The molecule has 0 aliphatic carbocycles. The fraction of sp³-hybridized carbons (Fsp3) is 0.105. The van der Waals surface area contributed by atoms with Gasteiger partial charge in [0.25, 0.3) is 0 Å². The van der Waals surface area contributed by atoms with Gasteiger partial charge in [0.2, 0.25) is 0 Å². The SMILES string of the molecule is Cc1cc(C(=O)c2ccc(C)c3ccccc23)ccc1Br. The molecule has 0 unspecified atom stereocenters. The smallest absolute Gasteiger partial charge is 0.193 e. The molecule has 3 rings (SSSR count). The van der Waals surface area contributed by atoms with Crippen LogP contribution in [-0.4, -0.2) is 5.78 Å². The molecule has 0 aliphatic heterocycles. The topological polar surface area (TPSA) is 17.1 Å². The van der Waals surface area contributed by atoms with E-state index in [4.69, 9.17) is 0 Å². The Bertz CT molecular complexity index is 849. The van der Waals surface area contributed by atoms with Crippen LogP contribution in [0.2, 0.25) is 0 Å². The van der Waals surface area contributed by atoms with Crippen LogP contribution in [0.1, 0.15) is 27.0 Å². The quantitative estimate of drug-likeness (QED) is 0.568. The molecule has 0 saturated heterocycles. The van der Waals surface area contributed by atoms with Crippen LogP contribution in [0, 0.1) is 13.8 Å². The van der Waals surface area contributed by atoms with Crippen LogP contribution >= 0.6 is 15.9 Å². The lowest BCUT2D eigenvalue weighted by molar-refractivity contribution is 0.104. The first-order valence-electron chi connectivity index (χ1n) is 6.87. The Balaban J connectivity index is 2.18.